The number of Topliss-reactive ketones (excluding diaryl/α,β-unsaturated/α-hetero) is 1. The van der Waals surface area contributed by atoms with Crippen molar-refractivity contribution in [2.24, 2.45) is 0 Å². The summed E-state index contributed by atoms with van der Waals surface area (Å²) in [6.07, 6.45) is 0.859. The fraction of sp³-hybridized carbons (Fsp3) is 0.667. The molecule has 52 valence electrons. The summed E-state index contributed by atoms with van der Waals surface area (Å²) in [5.41, 5.74) is 0. The van der Waals surface area contributed by atoms with Crippen LogP contribution in [0.2, 0.25) is 0 Å². The van der Waals surface area contributed by atoms with E-state index in [0.717, 1.165) is 0 Å². The highest BCUT2D eigenvalue weighted by molar-refractivity contribution is 5.78. The summed E-state index contributed by atoms with van der Waals surface area (Å²) in [5, 5.41) is 0. The fourth-order valence-electron chi connectivity index (χ4n) is 0.398. The number of ether oxygens (including phenoxy) is 1. The second-order valence-electron chi connectivity index (χ2n) is 1.61. The van der Waals surface area contributed by atoms with Crippen molar-refractivity contribution in [3.05, 3.63) is 0 Å². The Hall–Kier alpha value is -0.860. The van der Waals surface area contributed by atoms with E-state index in [0.29, 0.717) is 19.3 Å². The van der Waals surface area contributed by atoms with Gasteiger partial charge in [-0.25, -0.2) is 0 Å². The van der Waals surface area contributed by atoms with Crippen molar-refractivity contribution >= 4 is 12.3 Å². The highest BCUT2D eigenvalue weighted by Gasteiger charge is 1.95. The van der Waals surface area contributed by atoms with Gasteiger partial charge in [0.15, 0.2) is 0 Å². The molecule has 0 aliphatic carbocycles. The molecule has 0 atom stereocenters. The molecule has 0 amide bonds. The van der Waals surface area contributed by atoms with E-state index in [-0.39, 0.29) is 12.4 Å². The summed E-state index contributed by atoms with van der Waals surface area (Å²) < 4.78 is 4.30. The summed E-state index contributed by atoms with van der Waals surface area (Å²) in [4.78, 5) is 20.0. The second kappa shape index (κ2) is 5.28. The van der Waals surface area contributed by atoms with E-state index in [2.05, 4.69) is 4.74 Å². The van der Waals surface area contributed by atoms with Crippen LogP contribution in [0.1, 0.15) is 19.8 Å². The molecule has 3 nitrogen and oxygen atoms in total. The predicted octanol–water partition coefficient (Wildman–Crippen LogP) is 0.529. The molecule has 0 bridgehead atoms. The van der Waals surface area contributed by atoms with Crippen LogP contribution in [-0.2, 0) is 14.3 Å². The van der Waals surface area contributed by atoms with Gasteiger partial charge in [0.05, 0.1) is 6.61 Å². The average molecular weight is 130 g/mol. The molecule has 3 heteroatoms. The van der Waals surface area contributed by atoms with Gasteiger partial charge < -0.3 is 4.74 Å². The first-order valence-corrected chi connectivity index (χ1v) is 2.88. The lowest BCUT2D eigenvalue weighted by Gasteiger charge is -1.93. The van der Waals surface area contributed by atoms with E-state index < -0.39 is 0 Å². The van der Waals surface area contributed by atoms with Gasteiger partial charge in [-0.3, -0.25) is 9.59 Å². The van der Waals surface area contributed by atoms with Crippen molar-refractivity contribution < 1.29 is 14.3 Å². The van der Waals surface area contributed by atoms with Crippen molar-refractivity contribution in [3.63, 3.8) is 0 Å². The summed E-state index contributed by atoms with van der Waals surface area (Å²) in [5.74, 6) is 0.122. The second-order valence-corrected chi connectivity index (χ2v) is 1.61. The molecule has 0 aliphatic rings. The van der Waals surface area contributed by atoms with Gasteiger partial charge in [-0.1, -0.05) is 6.92 Å². The van der Waals surface area contributed by atoms with Crippen LogP contribution in [0.25, 0.3) is 0 Å². The summed E-state index contributed by atoms with van der Waals surface area (Å²) >= 11 is 0. The maximum absolute atomic E-state index is 10.5. The van der Waals surface area contributed by atoms with Gasteiger partial charge in [-0.05, 0) is 0 Å². The minimum atomic E-state index is 0.122. The molecule has 0 saturated heterocycles. The maximum atomic E-state index is 10.5. The lowest BCUT2D eigenvalue weighted by Crippen LogP contribution is -2.01. The van der Waals surface area contributed by atoms with Crippen LogP contribution in [-0.4, -0.2) is 18.9 Å². The Bertz CT molecular complexity index is 98.5. The van der Waals surface area contributed by atoms with Crippen LogP contribution in [0.5, 0.6) is 0 Å². The van der Waals surface area contributed by atoms with E-state index in [1.165, 1.54) is 0 Å². The Kier molecular flexibility index (Phi) is 4.78. The van der Waals surface area contributed by atoms with Crippen molar-refractivity contribution in [1.29, 1.82) is 0 Å². The molecule has 0 fully saturated rings. The van der Waals surface area contributed by atoms with Crippen molar-refractivity contribution in [2.75, 3.05) is 6.61 Å². The smallest absolute Gasteiger partial charge is 0.293 e. The van der Waals surface area contributed by atoms with Crippen LogP contribution in [0.3, 0.4) is 0 Å². The molecule has 9 heavy (non-hydrogen) atoms. The number of hydrogen-bond acceptors (Lipinski definition) is 3. The van der Waals surface area contributed by atoms with Gasteiger partial charge in [0.2, 0.25) is 0 Å². The predicted molar refractivity (Wildman–Crippen MR) is 31.9 cm³/mol. The minimum Gasteiger partial charge on any atom is -0.467 e. The zero-order chi connectivity index (χ0) is 7.11. The van der Waals surface area contributed by atoms with E-state index in [1.807, 2.05) is 0 Å². The molecule has 0 aliphatic heterocycles. The van der Waals surface area contributed by atoms with Crippen LogP contribution < -0.4 is 0 Å². The maximum Gasteiger partial charge on any atom is 0.293 e. The standard InChI is InChI=1S/C6H10O3/c1-2-6(8)3-4-9-5-7/h5H,2-4H2,1H3. The number of hydrogen-bond donors (Lipinski definition) is 0. The third-order valence-electron chi connectivity index (χ3n) is 0.961. The van der Waals surface area contributed by atoms with Gasteiger partial charge in [-0.2, -0.15) is 0 Å². The van der Waals surface area contributed by atoms with Crippen molar-refractivity contribution in [3.8, 4) is 0 Å². The van der Waals surface area contributed by atoms with E-state index in [4.69, 9.17) is 0 Å². The Morgan fingerprint density at radius 2 is 2.33 bits per heavy atom. The Balaban J connectivity index is 3.06. The summed E-state index contributed by atoms with van der Waals surface area (Å²) in [6.45, 7) is 2.35. The highest BCUT2D eigenvalue weighted by atomic mass is 16.5. The lowest BCUT2D eigenvalue weighted by molar-refractivity contribution is -0.130. The SMILES string of the molecule is CCC(=O)CCOC=O. The first-order valence-electron chi connectivity index (χ1n) is 2.88. The van der Waals surface area contributed by atoms with Gasteiger partial charge in [-0.15, -0.1) is 0 Å². The number of rotatable bonds is 5. The van der Waals surface area contributed by atoms with Gasteiger partial charge in [0.1, 0.15) is 5.78 Å². The molecule has 0 N–H and O–H groups in total. The third kappa shape index (κ3) is 5.00. The number of carbonyl (C=O) groups excluding carboxylic acids is 2. The van der Waals surface area contributed by atoms with Crippen molar-refractivity contribution in [2.45, 2.75) is 19.8 Å². The quantitative estimate of drug-likeness (QED) is 0.402. The van der Waals surface area contributed by atoms with Crippen LogP contribution in [0.4, 0.5) is 0 Å². The lowest BCUT2D eigenvalue weighted by atomic mass is 10.2. The Morgan fingerprint density at radius 1 is 1.67 bits per heavy atom. The number of ketones is 1. The first kappa shape index (κ1) is 8.14. The van der Waals surface area contributed by atoms with Gasteiger partial charge in [0.25, 0.3) is 6.47 Å². The fourth-order valence-corrected chi connectivity index (χ4v) is 0.398. The molecule has 0 heterocycles. The first-order chi connectivity index (χ1) is 4.31. The Labute approximate surface area is 54.0 Å². The highest BCUT2D eigenvalue weighted by Crippen LogP contribution is 1.87. The van der Waals surface area contributed by atoms with E-state index in [1.54, 1.807) is 6.92 Å². The number of carbonyl (C=O) groups is 2. The summed E-state index contributed by atoms with van der Waals surface area (Å²) in [6, 6.07) is 0. The van der Waals surface area contributed by atoms with Crippen LogP contribution in [0, 0.1) is 0 Å². The molecule has 0 unspecified atom stereocenters. The van der Waals surface area contributed by atoms with Crippen LogP contribution >= 0.6 is 0 Å². The van der Waals surface area contributed by atoms with Crippen molar-refractivity contribution in [1.82, 2.24) is 0 Å². The average Bonchev–Trinajstić information content (AvgIpc) is 1.89. The molecule has 0 aromatic carbocycles. The largest absolute Gasteiger partial charge is 0.467 e. The van der Waals surface area contributed by atoms with Gasteiger partial charge in [0, 0.05) is 12.8 Å². The minimum absolute atomic E-state index is 0.122. The van der Waals surface area contributed by atoms with E-state index >= 15 is 0 Å². The molecule has 0 aromatic rings. The zero-order valence-corrected chi connectivity index (χ0v) is 5.42. The molecule has 0 rings (SSSR count). The topological polar surface area (TPSA) is 43.4 Å². The van der Waals surface area contributed by atoms with Gasteiger partial charge >= 0.3 is 0 Å². The third-order valence-corrected chi connectivity index (χ3v) is 0.961. The molecule has 0 spiro atoms. The Morgan fingerprint density at radius 3 is 2.78 bits per heavy atom. The van der Waals surface area contributed by atoms with E-state index in [9.17, 15) is 9.59 Å². The normalized spacial score (nSPS) is 8.56. The summed E-state index contributed by atoms with van der Waals surface area (Å²) in [7, 11) is 0. The molecule has 0 saturated carbocycles. The molecule has 0 aromatic heterocycles. The molecular formula is C6H10O3. The molecular weight excluding hydrogens is 120 g/mol. The zero-order valence-electron chi connectivity index (χ0n) is 5.42. The monoisotopic (exact) mass is 130 g/mol. The van der Waals surface area contributed by atoms with Crippen LogP contribution in [0.15, 0.2) is 0 Å². The molecule has 0 radical (unpaired) electrons.